The van der Waals surface area contributed by atoms with Gasteiger partial charge in [-0.05, 0) is 26.8 Å². The second kappa shape index (κ2) is 4.70. The highest BCUT2D eigenvalue weighted by Gasteiger charge is 2.22. The number of nitrogens with two attached hydrogens (primary N) is 1. The van der Waals surface area contributed by atoms with Gasteiger partial charge in [-0.15, -0.1) is 0 Å². The lowest BCUT2D eigenvalue weighted by Gasteiger charge is -2.18. The fourth-order valence-corrected chi connectivity index (χ4v) is 2.78. The molecule has 0 spiro atoms. The van der Waals surface area contributed by atoms with Crippen molar-refractivity contribution in [3.63, 3.8) is 0 Å². The van der Waals surface area contributed by atoms with Crippen LogP contribution in [-0.2, 0) is 13.0 Å². The molecule has 0 atom stereocenters. The van der Waals surface area contributed by atoms with Crippen LogP contribution in [0.1, 0.15) is 26.5 Å². The van der Waals surface area contributed by atoms with Crippen molar-refractivity contribution in [1.82, 2.24) is 14.8 Å². The molecule has 5 heteroatoms. The van der Waals surface area contributed by atoms with Gasteiger partial charge in [0.2, 0.25) is 0 Å². The summed E-state index contributed by atoms with van der Waals surface area (Å²) in [6, 6.07) is 7.90. The average Bonchev–Trinajstić information content (AvgIpc) is 2.76. The highest BCUT2D eigenvalue weighted by atomic mass is 16.3. The average molecular weight is 284 g/mol. The molecule has 5 nitrogen and oxygen atoms in total. The number of rotatable bonds is 3. The maximum Gasteiger partial charge on any atom is 0.152 e. The summed E-state index contributed by atoms with van der Waals surface area (Å²) in [4.78, 5) is 4.43. The Labute approximate surface area is 123 Å². The van der Waals surface area contributed by atoms with Crippen LogP contribution >= 0.6 is 0 Å². The SMILES string of the molecule is CCn1nc2c(N)nc3ccccc3c2c1CC(C)(C)O. The fraction of sp³-hybridized carbons (Fsp3) is 0.375. The first-order valence-corrected chi connectivity index (χ1v) is 7.16. The molecule has 0 saturated heterocycles. The molecule has 21 heavy (non-hydrogen) atoms. The topological polar surface area (TPSA) is 77.0 Å². The van der Waals surface area contributed by atoms with E-state index in [1.54, 1.807) is 13.8 Å². The number of aromatic nitrogens is 3. The van der Waals surface area contributed by atoms with E-state index in [0.717, 1.165) is 34.0 Å². The minimum Gasteiger partial charge on any atom is -0.390 e. The first-order chi connectivity index (χ1) is 9.90. The van der Waals surface area contributed by atoms with Crippen LogP contribution in [0.15, 0.2) is 24.3 Å². The monoisotopic (exact) mass is 284 g/mol. The summed E-state index contributed by atoms with van der Waals surface area (Å²) in [5.41, 5.74) is 7.85. The number of pyridine rings is 1. The second-order valence-corrected chi connectivity index (χ2v) is 5.99. The van der Waals surface area contributed by atoms with Crippen LogP contribution in [0.25, 0.3) is 21.8 Å². The molecule has 3 aromatic rings. The van der Waals surface area contributed by atoms with Gasteiger partial charge < -0.3 is 10.8 Å². The second-order valence-electron chi connectivity index (χ2n) is 5.99. The van der Waals surface area contributed by atoms with Crippen molar-refractivity contribution in [3.8, 4) is 0 Å². The Bertz CT molecular complexity index is 814. The van der Waals surface area contributed by atoms with E-state index in [1.807, 2.05) is 35.9 Å². The van der Waals surface area contributed by atoms with Crippen LogP contribution in [0.4, 0.5) is 5.82 Å². The molecular formula is C16H20N4O. The smallest absolute Gasteiger partial charge is 0.152 e. The summed E-state index contributed by atoms with van der Waals surface area (Å²) in [6.07, 6.45) is 0.519. The van der Waals surface area contributed by atoms with Crippen LogP contribution in [-0.4, -0.2) is 25.5 Å². The van der Waals surface area contributed by atoms with Crippen LogP contribution in [0.2, 0.25) is 0 Å². The molecule has 110 valence electrons. The zero-order valence-electron chi connectivity index (χ0n) is 12.6. The number of fused-ring (bicyclic) bond motifs is 3. The summed E-state index contributed by atoms with van der Waals surface area (Å²) in [5.74, 6) is 0.438. The summed E-state index contributed by atoms with van der Waals surface area (Å²) < 4.78 is 1.91. The number of hydrogen-bond donors (Lipinski definition) is 2. The number of benzene rings is 1. The third-order valence-corrected chi connectivity index (χ3v) is 3.61. The Hall–Kier alpha value is -2.14. The van der Waals surface area contributed by atoms with Gasteiger partial charge in [0, 0.05) is 29.4 Å². The van der Waals surface area contributed by atoms with E-state index >= 15 is 0 Å². The third kappa shape index (κ3) is 2.34. The van der Waals surface area contributed by atoms with Crippen molar-refractivity contribution in [2.24, 2.45) is 0 Å². The quantitative estimate of drug-likeness (QED) is 0.774. The fourth-order valence-electron chi connectivity index (χ4n) is 2.78. The van der Waals surface area contributed by atoms with Crippen LogP contribution in [0, 0.1) is 0 Å². The van der Waals surface area contributed by atoms with Crippen molar-refractivity contribution < 1.29 is 5.11 Å². The number of anilines is 1. The molecule has 1 aromatic carbocycles. The van der Waals surface area contributed by atoms with E-state index in [0.29, 0.717) is 12.2 Å². The highest BCUT2D eigenvalue weighted by molar-refractivity contribution is 6.09. The van der Waals surface area contributed by atoms with Crippen molar-refractivity contribution in [1.29, 1.82) is 0 Å². The van der Waals surface area contributed by atoms with Crippen molar-refractivity contribution in [3.05, 3.63) is 30.0 Å². The lowest BCUT2D eigenvalue weighted by Crippen LogP contribution is -2.24. The summed E-state index contributed by atoms with van der Waals surface area (Å²) >= 11 is 0. The van der Waals surface area contributed by atoms with Gasteiger partial charge in [-0.25, -0.2) is 4.98 Å². The van der Waals surface area contributed by atoms with Crippen molar-refractivity contribution >= 4 is 27.6 Å². The molecule has 2 aromatic heterocycles. The summed E-state index contributed by atoms with van der Waals surface area (Å²) in [7, 11) is 0. The molecule has 0 aliphatic carbocycles. The molecule has 0 saturated carbocycles. The zero-order chi connectivity index (χ0) is 15.2. The number of para-hydroxylation sites is 1. The van der Waals surface area contributed by atoms with E-state index in [1.165, 1.54) is 0 Å². The molecule has 0 amide bonds. The minimum atomic E-state index is -0.807. The molecule has 0 aliphatic rings. The predicted octanol–water partition coefficient (Wildman–Crippen LogP) is 2.50. The normalized spacial score (nSPS) is 12.4. The molecule has 0 aliphatic heterocycles. The van der Waals surface area contributed by atoms with Crippen molar-refractivity contribution in [2.75, 3.05) is 5.73 Å². The van der Waals surface area contributed by atoms with E-state index in [-0.39, 0.29) is 0 Å². The number of hydrogen-bond acceptors (Lipinski definition) is 4. The number of nitrogen functional groups attached to an aromatic ring is 1. The number of nitrogens with zero attached hydrogens (tertiary/aromatic N) is 3. The summed E-state index contributed by atoms with van der Waals surface area (Å²) in [6.45, 7) is 6.37. The van der Waals surface area contributed by atoms with Gasteiger partial charge in [0.15, 0.2) is 5.82 Å². The zero-order valence-corrected chi connectivity index (χ0v) is 12.6. The lowest BCUT2D eigenvalue weighted by atomic mass is 9.99. The first kappa shape index (κ1) is 13.8. The van der Waals surface area contributed by atoms with Gasteiger partial charge in [-0.2, -0.15) is 5.10 Å². The number of aryl methyl sites for hydroxylation is 1. The molecule has 0 radical (unpaired) electrons. The third-order valence-electron chi connectivity index (χ3n) is 3.61. The maximum absolute atomic E-state index is 10.2. The minimum absolute atomic E-state index is 0.438. The van der Waals surface area contributed by atoms with Crippen molar-refractivity contribution in [2.45, 2.75) is 39.3 Å². The van der Waals surface area contributed by atoms with Gasteiger partial charge in [0.25, 0.3) is 0 Å². The van der Waals surface area contributed by atoms with Gasteiger partial charge >= 0.3 is 0 Å². The molecule has 3 rings (SSSR count). The van der Waals surface area contributed by atoms with Crippen LogP contribution in [0.5, 0.6) is 0 Å². The van der Waals surface area contributed by atoms with E-state index < -0.39 is 5.60 Å². The van der Waals surface area contributed by atoms with Gasteiger partial charge in [0.1, 0.15) is 5.52 Å². The first-order valence-electron chi connectivity index (χ1n) is 7.16. The van der Waals surface area contributed by atoms with Gasteiger partial charge in [-0.3, -0.25) is 4.68 Å². The molecule has 0 fully saturated rings. The Balaban J connectivity index is 2.43. The molecule has 0 unspecified atom stereocenters. The molecule has 2 heterocycles. The maximum atomic E-state index is 10.2. The van der Waals surface area contributed by atoms with Gasteiger partial charge in [-0.1, -0.05) is 18.2 Å². The standard InChI is InChI=1S/C16H20N4O/c1-4-20-12(9-16(2,3)21)13-10-7-5-6-8-11(10)18-15(17)14(13)19-20/h5-8,21H,4,9H2,1-3H3,(H2,17,18). The van der Waals surface area contributed by atoms with Crippen LogP contribution < -0.4 is 5.73 Å². The Kier molecular flexibility index (Phi) is 3.10. The molecular weight excluding hydrogens is 264 g/mol. The Morgan fingerprint density at radius 1 is 1.29 bits per heavy atom. The molecule has 0 bridgehead atoms. The lowest BCUT2D eigenvalue weighted by molar-refractivity contribution is 0.0790. The Morgan fingerprint density at radius 3 is 2.67 bits per heavy atom. The Morgan fingerprint density at radius 2 is 2.00 bits per heavy atom. The van der Waals surface area contributed by atoms with E-state index in [9.17, 15) is 5.11 Å². The molecule has 3 N–H and O–H groups in total. The number of aliphatic hydroxyl groups is 1. The van der Waals surface area contributed by atoms with Gasteiger partial charge in [0.05, 0.1) is 11.1 Å². The van der Waals surface area contributed by atoms with Crippen LogP contribution in [0.3, 0.4) is 0 Å². The van der Waals surface area contributed by atoms with E-state index in [2.05, 4.69) is 10.1 Å². The predicted molar refractivity (Wildman–Crippen MR) is 85.1 cm³/mol. The largest absolute Gasteiger partial charge is 0.390 e. The highest BCUT2D eigenvalue weighted by Crippen LogP contribution is 2.32. The van der Waals surface area contributed by atoms with E-state index in [4.69, 9.17) is 5.73 Å². The summed E-state index contributed by atoms with van der Waals surface area (Å²) in [5, 5.41) is 16.8.